The molecule has 0 aromatic carbocycles. The van der Waals surface area contributed by atoms with Gasteiger partial charge in [0.25, 0.3) is 0 Å². The number of nitrogens with two attached hydrogens (primary N) is 1. The quantitative estimate of drug-likeness (QED) is 0.445. The van der Waals surface area contributed by atoms with Gasteiger partial charge in [0.1, 0.15) is 11.6 Å². The molecule has 6 nitrogen and oxygen atoms in total. The van der Waals surface area contributed by atoms with Gasteiger partial charge < -0.3 is 20.8 Å². The second kappa shape index (κ2) is 8.10. The van der Waals surface area contributed by atoms with Crippen LogP contribution in [0.4, 0.5) is 0 Å². The Balaban J connectivity index is 1.94. The molecule has 142 valence electrons. The summed E-state index contributed by atoms with van der Waals surface area (Å²) in [6.45, 7) is 11.4. The number of hydrazine groups is 1. The molecule has 0 radical (unpaired) electrons. The first-order valence-electron chi connectivity index (χ1n) is 9.38. The lowest BCUT2D eigenvalue weighted by Crippen LogP contribution is -2.44. The van der Waals surface area contributed by atoms with Gasteiger partial charge in [-0.25, -0.2) is 5.84 Å². The largest absolute Gasteiger partial charge is 0.497 e. The number of methoxy groups -OCH3 is 1. The zero-order chi connectivity index (χ0) is 18.7. The molecular formula is C20H31N5O. The Morgan fingerprint density at radius 1 is 1.42 bits per heavy atom. The Bertz CT molecular complexity index is 682. The molecule has 0 aromatic rings. The number of nitrogens with one attached hydrogen (secondary N) is 3. The number of hydrogen-bond donors (Lipinski definition) is 4. The van der Waals surface area contributed by atoms with Gasteiger partial charge in [0.2, 0.25) is 0 Å². The first-order chi connectivity index (χ1) is 12.5. The maximum Gasteiger partial charge on any atom is 0.145 e. The average molecular weight is 358 g/mol. The SMILES string of the molecule is C=C(C)C1=C(NCC2CCNCC2)C2C=C(OC)C=C(C)C2N=C1NN. The van der Waals surface area contributed by atoms with Crippen LogP contribution in [0.25, 0.3) is 0 Å². The summed E-state index contributed by atoms with van der Waals surface area (Å²) in [6, 6.07) is 0.0265. The van der Waals surface area contributed by atoms with Crippen LogP contribution >= 0.6 is 0 Å². The van der Waals surface area contributed by atoms with Crippen LogP contribution in [0.1, 0.15) is 26.7 Å². The van der Waals surface area contributed by atoms with Crippen molar-refractivity contribution in [2.75, 3.05) is 26.7 Å². The number of ether oxygens (including phenoxy) is 1. The van der Waals surface area contributed by atoms with Crippen molar-refractivity contribution in [1.29, 1.82) is 0 Å². The number of amidine groups is 1. The van der Waals surface area contributed by atoms with Gasteiger partial charge in [-0.3, -0.25) is 4.99 Å². The molecule has 1 fully saturated rings. The summed E-state index contributed by atoms with van der Waals surface area (Å²) in [5, 5.41) is 7.17. The summed E-state index contributed by atoms with van der Waals surface area (Å²) in [5.74, 6) is 8.17. The lowest BCUT2D eigenvalue weighted by atomic mass is 9.81. The molecule has 1 saturated heterocycles. The third-order valence-electron chi connectivity index (χ3n) is 5.47. The fourth-order valence-electron chi connectivity index (χ4n) is 4.05. The molecule has 0 saturated carbocycles. The molecule has 0 spiro atoms. The topological polar surface area (TPSA) is 83.7 Å². The molecule has 2 aliphatic heterocycles. The van der Waals surface area contributed by atoms with E-state index in [1.807, 2.05) is 6.92 Å². The van der Waals surface area contributed by atoms with E-state index in [4.69, 9.17) is 15.6 Å². The highest BCUT2D eigenvalue weighted by atomic mass is 16.5. The number of hydrogen-bond acceptors (Lipinski definition) is 6. The highest BCUT2D eigenvalue weighted by Gasteiger charge is 2.36. The van der Waals surface area contributed by atoms with Crippen LogP contribution < -0.4 is 21.9 Å². The molecule has 6 heteroatoms. The predicted octanol–water partition coefficient (Wildman–Crippen LogP) is 1.76. The Labute approximate surface area is 156 Å². The van der Waals surface area contributed by atoms with Crippen molar-refractivity contribution >= 4 is 5.84 Å². The van der Waals surface area contributed by atoms with E-state index >= 15 is 0 Å². The third-order valence-corrected chi connectivity index (χ3v) is 5.47. The molecule has 1 aliphatic carbocycles. The van der Waals surface area contributed by atoms with Crippen molar-refractivity contribution in [3.8, 4) is 0 Å². The van der Waals surface area contributed by atoms with Crippen molar-refractivity contribution in [1.82, 2.24) is 16.1 Å². The van der Waals surface area contributed by atoms with E-state index < -0.39 is 0 Å². The summed E-state index contributed by atoms with van der Waals surface area (Å²) in [7, 11) is 1.71. The highest BCUT2D eigenvalue weighted by Crippen LogP contribution is 2.36. The zero-order valence-electron chi connectivity index (χ0n) is 16.1. The number of fused-ring (bicyclic) bond motifs is 1. The van der Waals surface area contributed by atoms with E-state index in [9.17, 15) is 0 Å². The zero-order valence-corrected chi connectivity index (χ0v) is 16.1. The van der Waals surface area contributed by atoms with Crippen LogP contribution in [0.2, 0.25) is 0 Å². The fourth-order valence-corrected chi connectivity index (χ4v) is 4.05. The number of nitrogens with zero attached hydrogens (tertiary/aromatic N) is 1. The number of rotatable bonds is 5. The Morgan fingerprint density at radius 2 is 2.15 bits per heavy atom. The van der Waals surface area contributed by atoms with Crippen molar-refractivity contribution < 1.29 is 4.74 Å². The smallest absolute Gasteiger partial charge is 0.145 e. The minimum absolute atomic E-state index is 0.0265. The van der Waals surface area contributed by atoms with E-state index in [-0.39, 0.29) is 12.0 Å². The van der Waals surface area contributed by atoms with Crippen LogP contribution in [0.15, 0.2) is 51.9 Å². The average Bonchev–Trinajstić information content (AvgIpc) is 2.65. The van der Waals surface area contributed by atoms with Crippen LogP contribution in [0.5, 0.6) is 0 Å². The highest BCUT2D eigenvalue weighted by molar-refractivity contribution is 6.03. The van der Waals surface area contributed by atoms with Gasteiger partial charge in [-0.05, 0) is 69.0 Å². The Hall–Kier alpha value is -2.05. The molecule has 0 aromatic heterocycles. The first-order valence-corrected chi connectivity index (χ1v) is 9.38. The molecule has 3 rings (SSSR count). The Morgan fingerprint density at radius 3 is 2.77 bits per heavy atom. The molecule has 0 bridgehead atoms. The van der Waals surface area contributed by atoms with E-state index in [1.165, 1.54) is 18.4 Å². The summed E-state index contributed by atoms with van der Waals surface area (Å²) < 4.78 is 5.52. The number of dihydropyridines is 1. The normalized spacial score (nSPS) is 26.4. The monoisotopic (exact) mass is 357 g/mol. The van der Waals surface area contributed by atoms with E-state index in [0.29, 0.717) is 11.8 Å². The summed E-state index contributed by atoms with van der Waals surface area (Å²) in [6.07, 6.45) is 6.60. The molecule has 0 amide bonds. The molecule has 26 heavy (non-hydrogen) atoms. The number of piperidine rings is 1. The van der Waals surface area contributed by atoms with Crippen LogP contribution in [-0.2, 0) is 4.74 Å². The summed E-state index contributed by atoms with van der Waals surface area (Å²) >= 11 is 0. The van der Waals surface area contributed by atoms with Crippen molar-refractivity contribution in [3.63, 3.8) is 0 Å². The van der Waals surface area contributed by atoms with Gasteiger partial charge in [0.05, 0.1) is 13.2 Å². The summed E-state index contributed by atoms with van der Waals surface area (Å²) in [5.41, 5.74) is 7.04. The van der Waals surface area contributed by atoms with Gasteiger partial charge in [-0.1, -0.05) is 6.58 Å². The van der Waals surface area contributed by atoms with E-state index in [1.54, 1.807) is 7.11 Å². The van der Waals surface area contributed by atoms with E-state index in [2.05, 4.69) is 41.7 Å². The lowest BCUT2D eigenvalue weighted by molar-refractivity contribution is 0.296. The first kappa shape index (κ1) is 18.7. The van der Waals surface area contributed by atoms with Gasteiger partial charge >= 0.3 is 0 Å². The standard InChI is InChI=1S/C20H31N5O/c1-12(2)17-19(23-11-14-5-7-22-8-6-14)16-10-15(26-4)9-13(3)18(16)24-20(17)25-21/h9-10,14,16,18,22-23H,1,5-8,11,21H2,2-4H3,(H,24,25). The molecule has 5 N–H and O–H groups in total. The van der Waals surface area contributed by atoms with Gasteiger partial charge in [-0.15, -0.1) is 0 Å². The number of aliphatic imine (C=N–C) groups is 1. The molecular weight excluding hydrogens is 326 g/mol. The van der Waals surface area contributed by atoms with E-state index in [0.717, 1.165) is 42.2 Å². The summed E-state index contributed by atoms with van der Waals surface area (Å²) in [4.78, 5) is 4.86. The van der Waals surface area contributed by atoms with Gasteiger partial charge in [0.15, 0.2) is 0 Å². The van der Waals surface area contributed by atoms with Crippen LogP contribution in [0, 0.1) is 11.8 Å². The lowest BCUT2D eigenvalue weighted by Gasteiger charge is -2.36. The van der Waals surface area contributed by atoms with Gasteiger partial charge in [0, 0.05) is 23.7 Å². The maximum absolute atomic E-state index is 5.80. The molecule has 2 heterocycles. The predicted molar refractivity (Wildman–Crippen MR) is 106 cm³/mol. The van der Waals surface area contributed by atoms with Gasteiger partial charge in [-0.2, -0.15) is 0 Å². The van der Waals surface area contributed by atoms with Crippen LogP contribution in [0.3, 0.4) is 0 Å². The second-order valence-corrected chi connectivity index (χ2v) is 7.40. The maximum atomic E-state index is 5.80. The van der Waals surface area contributed by atoms with Crippen LogP contribution in [-0.4, -0.2) is 38.6 Å². The van der Waals surface area contributed by atoms with Crippen molar-refractivity contribution in [2.24, 2.45) is 22.7 Å². The minimum Gasteiger partial charge on any atom is -0.497 e. The third kappa shape index (κ3) is 3.71. The fraction of sp³-hybridized carbons (Fsp3) is 0.550. The number of allylic oxidation sites excluding steroid dienone is 1. The molecule has 3 aliphatic rings. The molecule has 2 atom stereocenters. The molecule has 2 unspecified atom stereocenters. The van der Waals surface area contributed by atoms with Crippen molar-refractivity contribution in [3.05, 3.63) is 46.9 Å². The minimum atomic E-state index is 0.0265. The van der Waals surface area contributed by atoms with Crippen molar-refractivity contribution in [2.45, 2.75) is 32.7 Å². The Kier molecular flexibility index (Phi) is 5.84. The second-order valence-electron chi connectivity index (χ2n) is 7.40.